The summed E-state index contributed by atoms with van der Waals surface area (Å²) in [4.78, 5) is 22.9. The number of nitrogens with one attached hydrogen (secondary N) is 1. The first kappa shape index (κ1) is 129. The van der Waals surface area contributed by atoms with Crippen LogP contribution in [0.4, 0.5) is 0 Å². The first-order chi connectivity index (χ1) is 65.2. The summed E-state index contributed by atoms with van der Waals surface area (Å²) in [6.45, 7) is 38.7. The lowest BCUT2D eigenvalue weighted by molar-refractivity contribution is -0.121. The van der Waals surface area contributed by atoms with Crippen LogP contribution in [0.3, 0.4) is 0 Å². The van der Waals surface area contributed by atoms with Gasteiger partial charge in [-0.15, -0.1) is 0 Å². The number of hydrogen-bond donors (Lipinski definition) is 1. The zero-order chi connectivity index (χ0) is 93.5. The van der Waals surface area contributed by atoms with Gasteiger partial charge in [-0.1, -0.05) is 84.0 Å². The third kappa shape index (κ3) is 126. The second-order valence-corrected chi connectivity index (χ2v) is 28.8. The van der Waals surface area contributed by atoms with Gasteiger partial charge in [-0.25, -0.2) is 0 Å². The zero-order valence-electron chi connectivity index (χ0n) is 81.2. The number of Topliss-reactive ketones (excluding diaryl/α,β-unsaturated/α-hetero) is 1. The molecule has 0 radical (unpaired) electrons. The van der Waals surface area contributed by atoms with Crippen LogP contribution in [0, 0.1) is 0 Å². The summed E-state index contributed by atoms with van der Waals surface area (Å²) in [6, 6.07) is 0. The van der Waals surface area contributed by atoms with Crippen LogP contribution in [0.1, 0.15) is 110 Å². The molecule has 0 fully saturated rings. The highest BCUT2D eigenvalue weighted by molar-refractivity contribution is 5.76. The number of hydrogen-bond acceptors (Lipinski definition) is 38. The number of amides is 1. The average molecular weight is 1910 g/mol. The van der Waals surface area contributed by atoms with Crippen LogP contribution in [-0.4, -0.2) is 494 Å². The molecule has 1 N–H and O–H groups in total. The Balaban J connectivity index is 3.12. The van der Waals surface area contributed by atoms with Gasteiger partial charge in [-0.2, -0.15) is 0 Å². The molecule has 0 spiro atoms. The van der Waals surface area contributed by atoms with Crippen molar-refractivity contribution in [3.63, 3.8) is 0 Å². The third-order valence-corrected chi connectivity index (χ3v) is 17.7. The van der Waals surface area contributed by atoms with Crippen LogP contribution in [0.15, 0.2) is 0 Å². The van der Waals surface area contributed by atoms with Gasteiger partial charge < -0.3 is 176 Å². The van der Waals surface area contributed by atoms with E-state index in [1.807, 2.05) is 0 Å². The Labute approximate surface area is 786 Å². The van der Waals surface area contributed by atoms with E-state index in [1.165, 1.54) is 70.6 Å². The third-order valence-electron chi connectivity index (χ3n) is 17.7. The van der Waals surface area contributed by atoms with Crippen LogP contribution in [0.2, 0.25) is 0 Å². The van der Waals surface area contributed by atoms with E-state index in [2.05, 4.69) is 12.2 Å². The Morgan fingerprint density at radius 2 is 0.244 bits per heavy atom. The molecule has 0 aromatic heterocycles. The number of ketones is 1. The van der Waals surface area contributed by atoms with Gasteiger partial charge in [0.25, 0.3) is 0 Å². The maximum atomic E-state index is 12.1. The minimum absolute atomic E-state index is 0.109. The molecule has 0 aliphatic rings. The largest absolute Gasteiger partial charge is 0.379 e. The van der Waals surface area contributed by atoms with Crippen LogP contribution >= 0.6 is 0 Å². The smallest absolute Gasteiger partial charge is 0.220 e. The lowest BCUT2D eigenvalue weighted by Crippen LogP contribution is -2.27. The van der Waals surface area contributed by atoms with Gasteiger partial charge in [-0.3, -0.25) is 9.59 Å². The predicted octanol–water partition coefficient (Wildman–Crippen LogP) is 6.16. The van der Waals surface area contributed by atoms with Crippen molar-refractivity contribution in [3.05, 3.63) is 0 Å². The van der Waals surface area contributed by atoms with E-state index < -0.39 is 0 Å². The standard InChI is InChI=1S/C92H183NO38/c1-3-4-5-6-7-8-9-10-11-12-13-14-15-16-92(95)93-18-20-97-22-24-99-26-28-101-30-32-103-34-36-105-38-40-107-42-44-109-46-48-111-50-52-113-54-56-115-58-60-117-62-64-119-66-68-121-70-72-123-74-76-125-78-80-127-82-84-129-86-88-131-90-89-130-87-85-128-83-81-126-79-77-124-75-73-122-71-69-120-67-65-118-63-61-116-59-57-114-55-53-112-51-49-110-47-45-108-43-41-106-39-37-104-35-33-102-31-29-100-27-25-98-23-21-96-19-17-91(2)94/h3-90H2,1-2H3,(H,93,95). The van der Waals surface area contributed by atoms with E-state index in [1.54, 1.807) is 6.92 Å². The van der Waals surface area contributed by atoms with Gasteiger partial charge in [0.2, 0.25) is 5.91 Å². The minimum Gasteiger partial charge on any atom is -0.379 e. The topological polar surface area (TPSA) is 378 Å². The van der Waals surface area contributed by atoms with Crippen molar-refractivity contribution in [3.8, 4) is 0 Å². The van der Waals surface area contributed by atoms with Crippen molar-refractivity contribution in [1.29, 1.82) is 0 Å². The molecule has 0 bridgehead atoms. The van der Waals surface area contributed by atoms with Crippen molar-refractivity contribution in [2.45, 2.75) is 110 Å². The molecule has 0 rings (SSSR count). The molecule has 39 nitrogen and oxygen atoms in total. The predicted molar refractivity (Wildman–Crippen MR) is 488 cm³/mol. The van der Waals surface area contributed by atoms with Crippen LogP contribution < -0.4 is 5.32 Å². The summed E-state index contributed by atoms with van der Waals surface area (Å²) >= 11 is 0. The molecular weight excluding hydrogens is 1730 g/mol. The number of carbonyl (C=O) groups is 2. The Morgan fingerprint density at radius 1 is 0.137 bits per heavy atom. The Hall–Kier alpha value is -2.30. The summed E-state index contributed by atoms with van der Waals surface area (Å²) in [6.07, 6.45) is 18.0. The van der Waals surface area contributed by atoms with E-state index >= 15 is 0 Å². The fourth-order valence-corrected chi connectivity index (χ4v) is 10.7. The normalized spacial score (nSPS) is 11.8. The molecule has 1 amide bonds. The lowest BCUT2D eigenvalue weighted by atomic mass is 10.0. The van der Waals surface area contributed by atoms with Gasteiger partial charge in [0.1, 0.15) is 5.78 Å². The lowest BCUT2D eigenvalue weighted by Gasteiger charge is -2.09. The Kier molecular flexibility index (Phi) is 122. The van der Waals surface area contributed by atoms with E-state index in [-0.39, 0.29) is 11.7 Å². The summed E-state index contributed by atoms with van der Waals surface area (Å²) in [5.41, 5.74) is 0. The molecule has 0 aliphatic heterocycles. The minimum atomic E-state index is 0.109. The van der Waals surface area contributed by atoms with Gasteiger partial charge in [0.15, 0.2) is 0 Å². The monoisotopic (exact) mass is 1910 g/mol. The van der Waals surface area contributed by atoms with E-state index in [4.69, 9.17) is 171 Å². The molecule has 0 saturated heterocycles. The molecule has 0 aromatic rings. The summed E-state index contributed by atoms with van der Waals surface area (Å²) in [5.74, 6) is 0.228. The van der Waals surface area contributed by atoms with Gasteiger partial charge in [0, 0.05) is 19.4 Å². The second-order valence-electron chi connectivity index (χ2n) is 28.8. The molecule has 784 valence electrons. The van der Waals surface area contributed by atoms with Crippen LogP contribution in [-0.2, 0) is 180 Å². The maximum Gasteiger partial charge on any atom is 0.220 e. The van der Waals surface area contributed by atoms with E-state index in [0.29, 0.717) is 495 Å². The highest BCUT2D eigenvalue weighted by Gasteiger charge is 2.07. The van der Waals surface area contributed by atoms with Gasteiger partial charge in [-0.05, 0) is 13.3 Å². The molecule has 0 heterocycles. The van der Waals surface area contributed by atoms with Crippen LogP contribution in [0.5, 0.6) is 0 Å². The summed E-state index contributed by atoms with van der Waals surface area (Å²) < 4.78 is 199. The molecule has 0 aromatic carbocycles. The number of ether oxygens (including phenoxy) is 36. The van der Waals surface area contributed by atoms with Crippen LogP contribution in [0.25, 0.3) is 0 Å². The van der Waals surface area contributed by atoms with E-state index in [9.17, 15) is 9.59 Å². The fourth-order valence-electron chi connectivity index (χ4n) is 10.7. The van der Waals surface area contributed by atoms with Gasteiger partial charge >= 0.3 is 0 Å². The van der Waals surface area contributed by atoms with E-state index in [0.717, 1.165) is 12.8 Å². The molecular formula is C92H183NO38. The quantitative estimate of drug-likeness (QED) is 0.0666. The Bertz CT molecular complexity index is 2020. The highest BCUT2D eigenvalue weighted by Crippen LogP contribution is 2.13. The SMILES string of the molecule is CCCCCCCCCCCCCCCC(=O)NCCOCCOCCOCCOCCOCCOCCOCCOCCOCCOCCOCCOCCOCCOCCOCCOCCOCCOCCOCCOCCOCCOCCOCCOCCOCCOCCOCCOCCOCCOCCOCCOCCOCCOCCOCCOCCC(C)=O. The average Bonchev–Trinajstić information content (AvgIpc) is 1.08. The van der Waals surface area contributed by atoms with Crippen molar-refractivity contribution >= 4 is 11.7 Å². The van der Waals surface area contributed by atoms with Crippen molar-refractivity contribution in [2.24, 2.45) is 0 Å². The summed E-state index contributed by atoms with van der Waals surface area (Å²) in [5, 5.41) is 2.94. The van der Waals surface area contributed by atoms with Crippen molar-refractivity contribution in [2.75, 3.05) is 482 Å². The number of rotatable bonds is 125. The van der Waals surface area contributed by atoms with Crippen molar-refractivity contribution < 1.29 is 180 Å². The van der Waals surface area contributed by atoms with Crippen molar-refractivity contribution in [1.82, 2.24) is 5.32 Å². The maximum absolute atomic E-state index is 12.1. The first-order valence-electron chi connectivity index (χ1n) is 48.7. The molecule has 0 atom stereocenters. The van der Waals surface area contributed by atoms with Gasteiger partial charge in [0.05, 0.1) is 476 Å². The molecule has 0 unspecified atom stereocenters. The zero-order valence-corrected chi connectivity index (χ0v) is 81.2. The number of carbonyl (C=O) groups excluding carboxylic acids is 2. The second kappa shape index (κ2) is 124. The summed E-state index contributed by atoms with van der Waals surface area (Å²) in [7, 11) is 0. The number of unbranched alkanes of at least 4 members (excludes halogenated alkanes) is 12. The Morgan fingerprint density at radius 3 is 0.366 bits per heavy atom. The first-order valence-corrected chi connectivity index (χ1v) is 48.7. The fraction of sp³-hybridized carbons (Fsp3) is 0.978. The molecule has 131 heavy (non-hydrogen) atoms. The molecule has 39 heteroatoms. The molecule has 0 saturated carbocycles. The molecule has 0 aliphatic carbocycles. The highest BCUT2D eigenvalue weighted by atomic mass is 16.6.